The number of aromatic nitrogens is 1. The molecule has 1 heterocycles. The number of ether oxygens (including phenoxy) is 1. The van der Waals surface area contributed by atoms with Gasteiger partial charge in [0.05, 0.1) is 0 Å². The maximum atomic E-state index is 11.5. The minimum absolute atomic E-state index is 0.154. The molecule has 0 saturated heterocycles. The lowest BCUT2D eigenvalue weighted by molar-refractivity contribution is 0.0534. The summed E-state index contributed by atoms with van der Waals surface area (Å²) in [6.45, 7) is 7.60. The fraction of sp³-hybridized carbons (Fsp3) is 0.429. The van der Waals surface area contributed by atoms with Crippen LogP contribution in [0, 0.1) is 6.92 Å². The topological polar surface area (TPSA) is 71.2 Å². The van der Waals surface area contributed by atoms with Crippen molar-refractivity contribution in [3.05, 3.63) is 39.8 Å². The first-order valence-electron chi connectivity index (χ1n) is 6.11. The molecule has 5 heteroatoms. The number of carbonyl (C=O) groups excluding carboxylic acids is 1. The van der Waals surface area contributed by atoms with Gasteiger partial charge in [0, 0.05) is 18.3 Å². The van der Waals surface area contributed by atoms with Gasteiger partial charge in [-0.15, -0.1) is 0 Å². The maximum Gasteiger partial charge on any atom is 0.407 e. The van der Waals surface area contributed by atoms with Gasteiger partial charge < -0.3 is 15.0 Å². The predicted molar refractivity (Wildman–Crippen MR) is 75.1 cm³/mol. The van der Waals surface area contributed by atoms with E-state index in [4.69, 9.17) is 4.74 Å². The minimum Gasteiger partial charge on any atom is -0.444 e. The molecule has 0 aliphatic carbocycles. The van der Waals surface area contributed by atoms with Crippen molar-refractivity contribution in [3.8, 4) is 0 Å². The molecule has 19 heavy (non-hydrogen) atoms. The number of alkyl carbamates (subject to hydrolysis) is 1. The first-order chi connectivity index (χ1) is 8.78. The zero-order valence-electron chi connectivity index (χ0n) is 11.7. The van der Waals surface area contributed by atoms with E-state index in [1.54, 1.807) is 45.2 Å². The zero-order chi connectivity index (χ0) is 14.5. The molecule has 2 N–H and O–H groups in total. The number of nitrogens with one attached hydrogen (secondary N) is 2. The quantitative estimate of drug-likeness (QED) is 0.879. The number of carbonyl (C=O) groups is 1. The number of pyridine rings is 1. The molecule has 0 fully saturated rings. The summed E-state index contributed by atoms with van der Waals surface area (Å²) >= 11 is 0. The summed E-state index contributed by atoms with van der Waals surface area (Å²) in [7, 11) is 0. The highest BCUT2D eigenvalue weighted by Crippen LogP contribution is 2.06. The lowest BCUT2D eigenvalue weighted by Gasteiger charge is -2.19. The largest absolute Gasteiger partial charge is 0.444 e. The molecule has 0 spiro atoms. The van der Waals surface area contributed by atoms with E-state index >= 15 is 0 Å². The summed E-state index contributed by atoms with van der Waals surface area (Å²) in [6, 6.07) is 1.78. The van der Waals surface area contributed by atoms with Crippen LogP contribution in [-0.2, 0) is 4.74 Å². The van der Waals surface area contributed by atoms with E-state index in [1.807, 2.05) is 6.92 Å². The maximum absolute atomic E-state index is 11.5. The van der Waals surface area contributed by atoms with Crippen LogP contribution in [0.1, 0.15) is 31.9 Å². The van der Waals surface area contributed by atoms with E-state index in [0.29, 0.717) is 12.1 Å². The van der Waals surface area contributed by atoms with E-state index < -0.39 is 11.7 Å². The average Bonchev–Trinajstić information content (AvgIpc) is 2.26. The van der Waals surface area contributed by atoms with Crippen LogP contribution in [0.5, 0.6) is 0 Å². The van der Waals surface area contributed by atoms with Crippen molar-refractivity contribution in [3.63, 3.8) is 0 Å². The Balaban J connectivity index is 2.49. The third kappa shape index (κ3) is 5.90. The normalized spacial score (nSPS) is 11.6. The van der Waals surface area contributed by atoms with Crippen molar-refractivity contribution in [2.24, 2.45) is 0 Å². The van der Waals surface area contributed by atoms with Crippen LogP contribution in [0.4, 0.5) is 4.79 Å². The fourth-order valence-corrected chi connectivity index (χ4v) is 1.38. The molecule has 1 aromatic heterocycles. The van der Waals surface area contributed by atoms with Crippen LogP contribution >= 0.6 is 0 Å². The summed E-state index contributed by atoms with van der Waals surface area (Å²) < 4.78 is 5.08. The summed E-state index contributed by atoms with van der Waals surface area (Å²) in [5.74, 6) is 0. The number of hydrogen-bond donors (Lipinski definition) is 2. The molecule has 0 atom stereocenters. The third-order valence-corrected chi connectivity index (χ3v) is 2.14. The number of aromatic amines is 1. The molecule has 1 aromatic rings. The molecule has 0 aliphatic rings. The molecule has 104 valence electrons. The van der Waals surface area contributed by atoms with E-state index in [1.165, 1.54) is 0 Å². The van der Waals surface area contributed by atoms with Gasteiger partial charge in [-0.3, -0.25) is 4.79 Å². The lowest BCUT2D eigenvalue weighted by Crippen LogP contribution is -2.32. The van der Waals surface area contributed by atoms with E-state index in [-0.39, 0.29) is 5.56 Å². The second-order valence-corrected chi connectivity index (χ2v) is 5.25. The molecule has 0 aliphatic heterocycles. The molecule has 1 amide bonds. The molecule has 0 saturated carbocycles. The van der Waals surface area contributed by atoms with Crippen molar-refractivity contribution in [1.29, 1.82) is 0 Å². The van der Waals surface area contributed by atoms with Crippen molar-refractivity contribution in [1.82, 2.24) is 10.3 Å². The van der Waals surface area contributed by atoms with Crippen LogP contribution < -0.4 is 10.9 Å². The van der Waals surface area contributed by atoms with Gasteiger partial charge in [-0.25, -0.2) is 4.79 Å². The van der Waals surface area contributed by atoms with Crippen molar-refractivity contribution in [2.75, 3.05) is 6.54 Å². The SMILES string of the molecule is Cc1c[nH]c(=O)c(C=CCNC(=O)OC(C)(C)C)c1. The van der Waals surface area contributed by atoms with Gasteiger partial charge in [0.1, 0.15) is 5.60 Å². The van der Waals surface area contributed by atoms with Gasteiger partial charge in [0.25, 0.3) is 5.56 Å². The standard InChI is InChI=1S/C14H20N2O3/c1-10-8-11(12(17)16-9-10)6-5-7-15-13(18)19-14(2,3)4/h5-6,8-9H,7H2,1-4H3,(H,15,18)(H,16,17). The Hall–Kier alpha value is -2.04. The van der Waals surface area contributed by atoms with Crippen molar-refractivity contribution >= 4 is 12.2 Å². The van der Waals surface area contributed by atoms with Gasteiger partial charge in [-0.05, 0) is 39.3 Å². The Bertz CT molecular complexity index is 524. The number of rotatable bonds is 3. The molecule has 0 aromatic carbocycles. The first-order valence-corrected chi connectivity index (χ1v) is 6.11. The zero-order valence-corrected chi connectivity index (χ0v) is 11.7. The summed E-state index contributed by atoms with van der Waals surface area (Å²) in [6.07, 6.45) is 4.55. The molecule has 0 unspecified atom stereocenters. The first kappa shape index (κ1) is 15.0. The van der Waals surface area contributed by atoms with Gasteiger partial charge >= 0.3 is 6.09 Å². The Kier molecular flexibility index (Phi) is 4.92. The highest BCUT2D eigenvalue weighted by Gasteiger charge is 2.14. The summed E-state index contributed by atoms with van der Waals surface area (Å²) in [5, 5.41) is 2.58. The molecular formula is C14H20N2O3. The number of H-pyrrole nitrogens is 1. The van der Waals surface area contributed by atoms with E-state index in [9.17, 15) is 9.59 Å². The minimum atomic E-state index is -0.512. The van der Waals surface area contributed by atoms with Gasteiger partial charge in [0.2, 0.25) is 0 Å². The highest BCUT2D eigenvalue weighted by atomic mass is 16.6. The van der Waals surface area contributed by atoms with Gasteiger partial charge in [-0.2, -0.15) is 0 Å². The Morgan fingerprint density at radius 3 is 2.79 bits per heavy atom. The Labute approximate surface area is 112 Å². The lowest BCUT2D eigenvalue weighted by atomic mass is 10.2. The number of amides is 1. The smallest absolute Gasteiger partial charge is 0.407 e. The molecule has 0 bridgehead atoms. The third-order valence-electron chi connectivity index (χ3n) is 2.14. The highest BCUT2D eigenvalue weighted by molar-refractivity contribution is 5.68. The Morgan fingerprint density at radius 2 is 2.16 bits per heavy atom. The molecule has 5 nitrogen and oxygen atoms in total. The van der Waals surface area contributed by atoms with Crippen LogP contribution in [0.3, 0.4) is 0 Å². The van der Waals surface area contributed by atoms with Crippen LogP contribution in [0.15, 0.2) is 23.1 Å². The summed E-state index contributed by atoms with van der Waals surface area (Å²) in [5.41, 5.74) is 0.867. The van der Waals surface area contributed by atoms with E-state index in [0.717, 1.165) is 5.56 Å². The molecule has 1 rings (SSSR count). The second-order valence-electron chi connectivity index (χ2n) is 5.25. The van der Waals surface area contributed by atoms with Crippen molar-refractivity contribution < 1.29 is 9.53 Å². The Morgan fingerprint density at radius 1 is 1.47 bits per heavy atom. The predicted octanol–water partition coefficient (Wildman–Crippen LogP) is 2.22. The second kappa shape index (κ2) is 6.22. The van der Waals surface area contributed by atoms with Crippen LogP contribution in [0.25, 0.3) is 6.08 Å². The average molecular weight is 264 g/mol. The summed E-state index contributed by atoms with van der Waals surface area (Å²) in [4.78, 5) is 25.5. The number of aryl methyl sites for hydroxylation is 1. The monoisotopic (exact) mass is 264 g/mol. The molecular weight excluding hydrogens is 244 g/mol. The van der Waals surface area contributed by atoms with Crippen LogP contribution in [-0.4, -0.2) is 23.2 Å². The van der Waals surface area contributed by atoms with Gasteiger partial charge in [-0.1, -0.05) is 12.2 Å². The van der Waals surface area contributed by atoms with E-state index in [2.05, 4.69) is 10.3 Å². The van der Waals surface area contributed by atoms with Gasteiger partial charge in [0.15, 0.2) is 0 Å². The molecule has 0 radical (unpaired) electrons. The fourth-order valence-electron chi connectivity index (χ4n) is 1.38. The number of hydrogen-bond acceptors (Lipinski definition) is 3. The van der Waals surface area contributed by atoms with Crippen LogP contribution in [0.2, 0.25) is 0 Å². The van der Waals surface area contributed by atoms with Crippen molar-refractivity contribution in [2.45, 2.75) is 33.3 Å².